The second-order valence-electron chi connectivity index (χ2n) is 3.33. The number of nitrogens with zero attached hydrogens (tertiary/aromatic N) is 1. The Bertz CT molecular complexity index is 440. The molecule has 1 aromatic rings. The molecular formula is C12H13NO3. The minimum Gasteiger partial charge on any atom is -0.512 e. The first kappa shape index (κ1) is 12.0. The maximum atomic E-state index is 11.1. The number of hydrogen-bond donors (Lipinski definition) is 2. The van der Waals surface area contributed by atoms with Gasteiger partial charge in [-0.25, -0.2) is 0 Å². The molecule has 0 aliphatic heterocycles. The number of aliphatic hydroxyl groups excluding tert-OH is 1. The molecule has 84 valence electrons. The van der Waals surface area contributed by atoms with Crippen molar-refractivity contribution in [2.45, 2.75) is 13.8 Å². The molecule has 0 spiro atoms. The fraction of sp³-hybridized carbons (Fsp3) is 0.167. The van der Waals surface area contributed by atoms with E-state index in [1.54, 1.807) is 12.1 Å². The van der Waals surface area contributed by atoms with E-state index < -0.39 is 0 Å². The number of carbonyl (C=O) groups is 1. The van der Waals surface area contributed by atoms with Gasteiger partial charge in [0.05, 0.1) is 11.3 Å². The van der Waals surface area contributed by atoms with Crippen molar-refractivity contribution >= 4 is 17.7 Å². The van der Waals surface area contributed by atoms with Crippen LogP contribution in [0.3, 0.4) is 0 Å². The Kier molecular flexibility index (Phi) is 3.83. The second kappa shape index (κ2) is 5.11. The van der Waals surface area contributed by atoms with Crippen LogP contribution in [0.15, 0.2) is 40.6 Å². The number of aromatic hydroxyl groups is 1. The Morgan fingerprint density at radius 2 is 1.81 bits per heavy atom. The van der Waals surface area contributed by atoms with Gasteiger partial charge in [-0.1, -0.05) is 0 Å². The van der Waals surface area contributed by atoms with Crippen LogP contribution in [0.4, 0.5) is 5.69 Å². The molecule has 2 N–H and O–H groups in total. The smallest absolute Gasteiger partial charge is 0.164 e. The molecule has 0 amide bonds. The third kappa shape index (κ3) is 3.24. The van der Waals surface area contributed by atoms with Crippen molar-refractivity contribution in [2.24, 2.45) is 4.99 Å². The van der Waals surface area contributed by atoms with E-state index in [9.17, 15) is 9.90 Å². The van der Waals surface area contributed by atoms with Gasteiger partial charge in [-0.05, 0) is 38.1 Å². The molecule has 0 heterocycles. The lowest BCUT2D eigenvalue weighted by atomic mass is 10.2. The number of Topliss-reactive ketones (excluding diaryl/α,β-unsaturated/α-hetero) is 1. The molecule has 0 aromatic heterocycles. The number of allylic oxidation sites excluding steroid dienone is 2. The van der Waals surface area contributed by atoms with E-state index in [2.05, 4.69) is 4.99 Å². The van der Waals surface area contributed by atoms with Gasteiger partial charge in [-0.3, -0.25) is 9.79 Å². The van der Waals surface area contributed by atoms with Gasteiger partial charge < -0.3 is 10.2 Å². The number of phenols is 1. The first-order valence-corrected chi connectivity index (χ1v) is 4.74. The molecule has 1 rings (SSSR count). The molecule has 0 fully saturated rings. The zero-order valence-electron chi connectivity index (χ0n) is 9.14. The summed E-state index contributed by atoms with van der Waals surface area (Å²) in [5, 5.41) is 18.3. The highest BCUT2D eigenvalue weighted by atomic mass is 16.3. The summed E-state index contributed by atoms with van der Waals surface area (Å²) >= 11 is 0. The maximum absolute atomic E-state index is 11.1. The molecule has 16 heavy (non-hydrogen) atoms. The van der Waals surface area contributed by atoms with Crippen LogP contribution in [0.5, 0.6) is 5.75 Å². The molecule has 1 aromatic carbocycles. The Morgan fingerprint density at radius 3 is 2.25 bits per heavy atom. The summed E-state index contributed by atoms with van der Waals surface area (Å²) in [5.41, 5.74) is 0.769. The van der Waals surface area contributed by atoms with Crippen molar-refractivity contribution in [3.8, 4) is 5.75 Å². The van der Waals surface area contributed by atoms with E-state index >= 15 is 0 Å². The summed E-state index contributed by atoms with van der Waals surface area (Å²) in [5.74, 6) is -0.155. The molecule has 0 aliphatic rings. The Hall–Kier alpha value is -2.10. The molecule has 0 bridgehead atoms. The molecule has 0 saturated heterocycles. The highest BCUT2D eigenvalue weighted by Crippen LogP contribution is 2.16. The summed E-state index contributed by atoms with van der Waals surface area (Å²) in [6.45, 7) is 2.79. The van der Waals surface area contributed by atoms with Gasteiger partial charge in [0.1, 0.15) is 11.5 Å². The van der Waals surface area contributed by atoms with Gasteiger partial charge in [0, 0.05) is 6.21 Å². The zero-order chi connectivity index (χ0) is 12.1. The Balaban J connectivity index is 2.92. The van der Waals surface area contributed by atoms with Crippen LogP contribution in [0.25, 0.3) is 0 Å². The maximum Gasteiger partial charge on any atom is 0.164 e. The first-order chi connectivity index (χ1) is 7.50. The van der Waals surface area contributed by atoms with Crippen LogP contribution in [0.1, 0.15) is 13.8 Å². The summed E-state index contributed by atoms with van der Waals surface area (Å²) < 4.78 is 0. The number of ketones is 1. The van der Waals surface area contributed by atoms with Gasteiger partial charge in [0.15, 0.2) is 5.78 Å². The molecule has 4 nitrogen and oxygen atoms in total. The fourth-order valence-electron chi connectivity index (χ4n) is 1.12. The molecule has 4 heteroatoms. The number of carbonyl (C=O) groups excluding carboxylic acids is 1. The molecular weight excluding hydrogens is 206 g/mol. The van der Waals surface area contributed by atoms with Gasteiger partial charge in [-0.2, -0.15) is 0 Å². The van der Waals surface area contributed by atoms with E-state index in [-0.39, 0.29) is 22.9 Å². The van der Waals surface area contributed by atoms with E-state index in [4.69, 9.17) is 5.11 Å². The predicted octanol–water partition coefficient (Wildman–Crippen LogP) is 2.52. The number of aliphatic hydroxyl groups is 1. The number of benzene rings is 1. The molecule has 0 saturated carbocycles. The lowest BCUT2D eigenvalue weighted by Crippen LogP contribution is -2.01. The second-order valence-corrected chi connectivity index (χ2v) is 3.33. The molecule has 0 aliphatic carbocycles. The average Bonchev–Trinajstić information content (AvgIpc) is 2.20. The SMILES string of the molecule is CC(=O)/C(C=Nc1ccc(O)cc1)=C(/C)O. The van der Waals surface area contributed by atoms with Gasteiger partial charge in [-0.15, -0.1) is 0 Å². The van der Waals surface area contributed by atoms with Crippen molar-refractivity contribution in [1.82, 2.24) is 0 Å². The summed E-state index contributed by atoms with van der Waals surface area (Å²) in [4.78, 5) is 15.1. The molecule has 0 radical (unpaired) electrons. The lowest BCUT2D eigenvalue weighted by Gasteiger charge is -1.98. The van der Waals surface area contributed by atoms with Gasteiger partial charge in [0.25, 0.3) is 0 Å². The van der Waals surface area contributed by atoms with E-state index in [0.29, 0.717) is 5.69 Å². The van der Waals surface area contributed by atoms with E-state index in [1.807, 2.05) is 0 Å². The third-order valence-electron chi connectivity index (χ3n) is 1.96. The lowest BCUT2D eigenvalue weighted by molar-refractivity contribution is -0.113. The van der Waals surface area contributed by atoms with Crippen molar-refractivity contribution in [3.05, 3.63) is 35.6 Å². The van der Waals surface area contributed by atoms with Crippen LogP contribution in [-0.2, 0) is 4.79 Å². The topological polar surface area (TPSA) is 69.9 Å². The fourth-order valence-corrected chi connectivity index (χ4v) is 1.12. The Morgan fingerprint density at radius 1 is 1.25 bits per heavy atom. The number of hydrogen-bond acceptors (Lipinski definition) is 4. The summed E-state index contributed by atoms with van der Waals surface area (Å²) in [6, 6.07) is 6.21. The van der Waals surface area contributed by atoms with E-state index in [0.717, 1.165) is 0 Å². The predicted molar refractivity (Wildman–Crippen MR) is 62.3 cm³/mol. The van der Waals surface area contributed by atoms with Crippen LogP contribution >= 0.6 is 0 Å². The highest BCUT2D eigenvalue weighted by Gasteiger charge is 2.04. The Labute approximate surface area is 93.6 Å². The van der Waals surface area contributed by atoms with Crippen molar-refractivity contribution in [2.75, 3.05) is 0 Å². The quantitative estimate of drug-likeness (QED) is 0.466. The highest BCUT2D eigenvalue weighted by molar-refractivity contribution is 6.12. The number of aliphatic imine (C=N–C) groups is 1. The molecule has 0 atom stereocenters. The van der Waals surface area contributed by atoms with Crippen LogP contribution in [-0.4, -0.2) is 22.2 Å². The minimum atomic E-state index is -0.248. The van der Waals surface area contributed by atoms with Gasteiger partial charge in [0.2, 0.25) is 0 Å². The van der Waals surface area contributed by atoms with Crippen LogP contribution in [0.2, 0.25) is 0 Å². The number of phenolic OH excluding ortho intramolecular Hbond substituents is 1. The summed E-state index contributed by atoms with van der Waals surface area (Å²) in [7, 11) is 0. The normalized spacial score (nSPS) is 12.6. The van der Waals surface area contributed by atoms with E-state index in [1.165, 1.54) is 32.2 Å². The first-order valence-electron chi connectivity index (χ1n) is 4.74. The average molecular weight is 219 g/mol. The van der Waals surface area contributed by atoms with Crippen molar-refractivity contribution in [3.63, 3.8) is 0 Å². The number of rotatable bonds is 3. The standard InChI is InChI=1S/C12H13NO3/c1-8(14)12(9(2)15)7-13-10-3-5-11(16)6-4-10/h3-7,14,16H,1-2H3/b12-8-,13-7?. The molecule has 0 unspecified atom stereocenters. The van der Waals surface area contributed by atoms with Crippen molar-refractivity contribution < 1.29 is 15.0 Å². The monoisotopic (exact) mass is 219 g/mol. The van der Waals surface area contributed by atoms with Crippen LogP contribution in [0, 0.1) is 0 Å². The van der Waals surface area contributed by atoms with Crippen molar-refractivity contribution in [1.29, 1.82) is 0 Å². The summed E-state index contributed by atoms with van der Waals surface area (Å²) in [6.07, 6.45) is 1.31. The largest absolute Gasteiger partial charge is 0.512 e. The zero-order valence-corrected chi connectivity index (χ0v) is 9.14. The minimum absolute atomic E-state index is 0.0602. The van der Waals surface area contributed by atoms with Crippen LogP contribution < -0.4 is 0 Å². The van der Waals surface area contributed by atoms with Gasteiger partial charge >= 0.3 is 0 Å². The third-order valence-corrected chi connectivity index (χ3v) is 1.96.